The second-order valence-corrected chi connectivity index (χ2v) is 6.72. The molecule has 0 fully saturated rings. The standard InChI is InChI=1S/C6H5ClO2S.ClHO3S/c7-10(8,9)6-4-2-1-3-5-6;1-5(2,3)4/h1-5H;(H,2,3,4). The Labute approximate surface area is 96.3 Å². The zero-order valence-electron chi connectivity index (χ0n) is 7.04. The van der Waals surface area contributed by atoms with Crippen LogP contribution in [0, 0.1) is 0 Å². The molecular weight excluding hydrogens is 287 g/mol. The Morgan fingerprint density at radius 3 is 1.47 bits per heavy atom. The highest BCUT2D eigenvalue weighted by Gasteiger charge is 2.06. The lowest BCUT2D eigenvalue weighted by molar-refractivity contribution is 0.501. The largest absolute Gasteiger partial charge is 0.353 e. The van der Waals surface area contributed by atoms with Crippen LogP contribution in [-0.4, -0.2) is 21.4 Å². The summed E-state index contributed by atoms with van der Waals surface area (Å²) in [5, 5.41) is 0. The molecular formula is C6H6Cl2O5S2. The van der Waals surface area contributed by atoms with Gasteiger partial charge < -0.3 is 0 Å². The normalized spacial score (nSPS) is 11.4. The van der Waals surface area contributed by atoms with Crippen molar-refractivity contribution in [2.24, 2.45) is 0 Å². The van der Waals surface area contributed by atoms with Crippen molar-refractivity contribution in [3.63, 3.8) is 0 Å². The Hall–Kier alpha value is -0.340. The average Bonchev–Trinajstić information content (AvgIpc) is 2.01. The van der Waals surface area contributed by atoms with Gasteiger partial charge in [-0.3, -0.25) is 4.55 Å². The van der Waals surface area contributed by atoms with Gasteiger partial charge in [-0.2, -0.15) is 8.42 Å². The summed E-state index contributed by atoms with van der Waals surface area (Å²) in [5.74, 6) is 0. The van der Waals surface area contributed by atoms with E-state index in [9.17, 15) is 8.42 Å². The molecule has 1 N–H and O–H groups in total. The van der Waals surface area contributed by atoms with E-state index < -0.39 is 18.4 Å². The van der Waals surface area contributed by atoms with Crippen LogP contribution in [0.1, 0.15) is 0 Å². The fraction of sp³-hybridized carbons (Fsp3) is 0. The van der Waals surface area contributed by atoms with Crippen molar-refractivity contribution >= 4 is 39.7 Å². The molecule has 1 aromatic carbocycles. The van der Waals surface area contributed by atoms with Crippen molar-refractivity contribution in [3.05, 3.63) is 30.3 Å². The quantitative estimate of drug-likeness (QED) is 0.628. The number of halogens is 2. The first-order chi connectivity index (χ1) is 6.61. The van der Waals surface area contributed by atoms with Crippen LogP contribution in [0.15, 0.2) is 35.2 Å². The van der Waals surface area contributed by atoms with Gasteiger partial charge in [0.1, 0.15) is 0 Å². The summed E-state index contributed by atoms with van der Waals surface area (Å²) >= 11 is 0. The Balaban J connectivity index is 0.000000336. The van der Waals surface area contributed by atoms with E-state index in [0.29, 0.717) is 0 Å². The number of benzene rings is 1. The number of hydrogen-bond donors (Lipinski definition) is 1. The van der Waals surface area contributed by atoms with Gasteiger partial charge in [-0.05, 0) is 12.1 Å². The van der Waals surface area contributed by atoms with Crippen molar-refractivity contribution in [3.8, 4) is 0 Å². The van der Waals surface area contributed by atoms with Crippen molar-refractivity contribution < 1.29 is 21.4 Å². The van der Waals surface area contributed by atoms with Gasteiger partial charge in [0, 0.05) is 21.4 Å². The molecule has 5 nitrogen and oxygen atoms in total. The van der Waals surface area contributed by atoms with Crippen LogP contribution in [-0.2, 0) is 18.4 Å². The van der Waals surface area contributed by atoms with Gasteiger partial charge in [0.2, 0.25) is 0 Å². The summed E-state index contributed by atoms with van der Waals surface area (Å²) in [5.41, 5.74) is 0. The molecule has 86 valence electrons. The summed E-state index contributed by atoms with van der Waals surface area (Å²) < 4.78 is 46.4. The van der Waals surface area contributed by atoms with E-state index in [-0.39, 0.29) is 4.90 Å². The summed E-state index contributed by atoms with van der Waals surface area (Å²) in [7, 11) is 1.36. The fourth-order valence-corrected chi connectivity index (χ4v) is 1.37. The van der Waals surface area contributed by atoms with Gasteiger partial charge in [0.05, 0.1) is 4.90 Å². The molecule has 0 aliphatic rings. The van der Waals surface area contributed by atoms with Crippen LogP contribution < -0.4 is 0 Å². The molecule has 0 saturated heterocycles. The van der Waals surface area contributed by atoms with Gasteiger partial charge in [-0.25, -0.2) is 8.42 Å². The molecule has 1 aromatic rings. The molecule has 0 aromatic heterocycles. The van der Waals surface area contributed by atoms with E-state index in [4.69, 9.17) is 23.7 Å². The smallest absolute Gasteiger partial charge is 0.273 e. The third-order valence-corrected chi connectivity index (χ3v) is 2.39. The van der Waals surface area contributed by atoms with Gasteiger partial charge in [-0.15, -0.1) is 0 Å². The van der Waals surface area contributed by atoms with E-state index in [1.54, 1.807) is 18.2 Å². The van der Waals surface area contributed by atoms with Gasteiger partial charge >= 0.3 is 9.33 Å². The number of rotatable bonds is 1. The first kappa shape index (κ1) is 14.7. The number of hydrogen-bond acceptors (Lipinski definition) is 4. The van der Waals surface area contributed by atoms with Crippen LogP contribution in [0.25, 0.3) is 0 Å². The van der Waals surface area contributed by atoms with Gasteiger partial charge in [0.15, 0.2) is 0 Å². The summed E-state index contributed by atoms with van der Waals surface area (Å²) in [6.45, 7) is 0. The fourth-order valence-electron chi connectivity index (χ4n) is 0.583. The van der Waals surface area contributed by atoms with E-state index in [1.807, 2.05) is 0 Å². The maximum atomic E-state index is 10.6. The molecule has 0 heterocycles. The lowest BCUT2D eigenvalue weighted by atomic mass is 10.4. The minimum absolute atomic E-state index is 0.136. The Morgan fingerprint density at radius 1 is 0.933 bits per heavy atom. The summed E-state index contributed by atoms with van der Waals surface area (Å²) in [4.78, 5) is 0.136. The highest BCUT2D eigenvalue weighted by atomic mass is 35.7. The molecule has 0 aliphatic heterocycles. The van der Waals surface area contributed by atoms with Crippen molar-refractivity contribution in [1.29, 1.82) is 0 Å². The third-order valence-electron chi connectivity index (χ3n) is 1.02. The van der Waals surface area contributed by atoms with Crippen LogP contribution in [0.3, 0.4) is 0 Å². The molecule has 0 aliphatic carbocycles. The molecule has 9 heteroatoms. The maximum Gasteiger partial charge on any atom is 0.353 e. The van der Waals surface area contributed by atoms with Crippen molar-refractivity contribution in [1.82, 2.24) is 0 Å². The SMILES string of the molecule is O=S(=O)(Cl)c1ccccc1.O=S(=O)(O)Cl. The maximum absolute atomic E-state index is 10.6. The minimum atomic E-state index is -4.19. The third kappa shape index (κ3) is 9.95. The van der Waals surface area contributed by atoms with E-state index in [0.717, 1.165) is 0 Å². The lowest BCUT2D eigenvalue weighted by Gasteiger charge is -1.91. The molecule has 0 saturated carbocycles. The molecule has 0 atom stereocenters. The molecule has 1 rings (SSSR count). The van der Waals surface area contributed by atoms with E-state index in [1.165, 1.54) is 12.1 Å². The second-order valence-electron chi connectivity index (χ2n) is 2.16. The Morgan fingerprint density at radius 2 is 1.27 bits per heavy atom. The Bertz CT molecular complexity index is 486. The highest BCUT2D eigenvalue weighted by Crippen LogP contribution is 2.12. The van der Waals surface area contributed by atoms with Crippen molar-refractivity contribution in [2.75, 3.05) is 0 Å². The first-order valence-corrected chi connectivity index (χ1v) is 7.85. The topological polar surface area (TPSA) is 88.5 Å². The minimum Gasteiger partial charge on any atom is -0.273 e. The highest BCUT2D eigenvalue weighted by molar-refractivity contribution is 8.13. The molecule has 0 spiro atoms. The van der Waals surface area contributed by atoms with Crippen LogP contribution in [0.4, 0.5) is 0 Å². The predicted molar refractivity (Wildman–Crippen MR) is 56.9 cm³/mol. The average molecular weight is 293 g/mol. The van der Waals surface area contributed by atoms with Gasteiger partial charge in [0.25, 0.3) is 9.05 Å². The molecule has 0 bridgehead atoms. The first-order valence-electron chi connectivity index (χ1n) is 3.27. The van der Waals surface area contributed by atoms with E-state index in [2.05, 4.69) is 10.7 Å². The van der Waals surface area contributed by atoms with Crippen LogP contribution in [0.5, 0.6) is 0 Å². The van der Waals surface area contributed by atoms with Crippen molar-refractivity contribution in [2.45, 2.75) is 4.90 Å². The molecule has 15 heavy (non-hydrogen) atoms. The summed E-state index contributed by atoms with van der Waals surface area (Å²) in [6.07, 6.45) is 0. The summed E-state index contributed by atoms with van der Waals surface area (Å²) in [6, 6.07) is 7.86. The second kappa shape index (κ2) is 5.66. The van der Waals surface area contributed by atoms with E-state index >= 15 is 0 Å². The lowest BCUT2D eigenvalue weighted by Crippen LogP contribution is -1.87. The monoisotopic (exact) mass is 292 g/mol. The molecule has 0 unspecified atom stereocenters. The molecule has 0 amide bonds. The van der Waals surface area contributed by atoms with Crippen LogP contribution in [0.2, 0.25) is 0 Å². The van der Waals surface area contributed by atoms with Gasteiger partial charge in [-0.1, -0.05) is 18.2 Å². The van der Waals surface area contributed by atoms with Crippen LogP contribution >= 0.6 is 21.4 Å². The molecule has 0 radical (unpaired) electrons. The Kier molecular flexibility index (Phi) is 5.54. The zero-order valence-corrected chi connectivity index (χ0v) is 10.2. The zero-order chi connectivity index (χ0) is 12.1. The predicted octanol–water partition coefficient (Wildman–Crippen LogP) is 1.64.